The molecule has 0 aliphatic carbocycles. The summed E-state index contributed by atoms with van der Waals surface area (Å²) < 4.78 is 1.66. The fourth-order valence-electron chi connectivity index (χ4n) is 4.37. The number of hydrogen-bond donors (Lipinski definition) is 1. The minimum atomic E-state index is -0.0663. The highest BCUT2D eigenvalue weighted by atomic mass is 35.5. The van der Waals surface area contributed by atoms with Crippen molar-refractivity contribution < 1.29 is 4.79 Å². The molecule has 41 heavy (non-hydrogen) atoms. The first kappa shape index (κ1) is 27.0. The Morgan fingerprint density at radius 2 is 1.66 bits per heavy atom. The van der Waals surface area contributed by atoms with Crippen molar-refractivity contribution in [2.75, 3.05) is 5.32 Å². The fourth-order valence-corrected chi connectivity index (χ4v) is 5.93. The van der Waals surface area contributed by atoms with Gasteiger partial charge in [-0.2, -0.15) is 9.50 Å². The zero-order valence-corrected chi connectivity index (χ0v) is 24.2. The number of halogens is 2. The summed E-state index contributed by atoms with van der Waals surface area (Å²) in [5.41, 5.74) is 4.02. The average molecular weight is 597 g/mol. The minimum absolute atomic E-state index is 0.0663. The fraction of sp³-hybridized carbons (Fsp3) is 0.0625. The van der Waals surface area contributed by atoms with Gasteiger partial charge < -0.3 is 5.32 Å². The largest absolute Gasteiger partial charge is 0.340 e. The standard InChI is InChI=1S/C32H23Cl2N5OS/c1-20-17-30(39-31(35-20)37-32(38-39)41-19-26-27(33)7-4-8-28(26)34)36-25-14-12-23(13-15-25)29(40)16-10-21-9-11-22-5-2-3-6-24(22)18-21/h2-18,36H,19H2,1H3/b16-10+. The zero-order valence-electron chi connectivity index (χ0n) is 21.9. The average Bonchev–Trinajstić information content (AvgIpc) is 3.39. The van der Waals surface area contributed by atoms with Gasteiger partial charge in [-0.05, 0) is 77.4 Å². The van der Waals surface area contributed by atoms with E-state index in [-0.39, 0.29) is 5.78 Å². The Kier molecular flexibility index (Phi) is 7.74. The van der Waals surface area contributed by atoms with E-state index in [4.69, 9.17) is 23.2 Å². The summed E-state index contributed by atoms with van der Waals surface area (Å²) in [4.78, 5) is 21.9. The van der Waals surface area contributed by atoms with Crippen LogP contribution in [0.15, 0.2) is 102 Å². The molecule has 0 saturated heterocycles. The van der Waals surface area contributed by atoms with Crippen molar-refractivity contribution in [2.24, 2.45) is 0 Å². The van der Waals surface area contributed by atoms with E-state index in [1.165, 1.54) is 17.1 Å². The molecule has 0 fully saturated rings. The number of aryl methyl sites for hydroxylation is 1. The molecule has 0 atom stereocenters. The summed E-state index contributed by atoms with van der Waals surface area (Å²) in [6.07, 6.45) is 3.45. The molecule has 0 spiro atoms. The lowest BCUT2D eigenvalue weighted by Gasteiger charge is -2.09. The summed E-state index contributed by atoms with van der Waals surface area (Å²) in [5.74, 6) is 1.65. The Morgan fingerprint density at radius 3 is 2.44 bits per heavy atom. The Morgan fingerprint density at radius 1 is 0.902 bits per heavy atom. The molecule has 202 valence electrons. The van der Waals surface area contributed by atoms with Crippen molar-refractivity contribution in [1.29, 1.82) is 0 Å². The number of allylic oxidation sites excluding steroid dienone is 1. The van der Waals surface area contributed by atoms with E-state index in [1.807, 2.05) is 67.6 Å². The van der Waals surface area contributed by atoms with E-state index in [9.17, 15) is 4.79 Å². The first-order valence-electron chi connectivity index (χ1n) is 12.8. The van der Waals surface area contributed by atoms with Crippen LogP contribution < -0.4 is 5.32 Å². The smallest absolute Gasteiger partial charge is 0.255 e. The van der Waals surface area contributed by atoms with E-state index >= 15 is 0 Å². The van der Waals surface area contributed by atoms with E-state index < -0.39 is 0 Å². The van der Waals surface area contributed by atoms with E-state index in [2.05, 4.69) is 44.6 Å². The molecule has 2 heterocycles. The third-order valence-corrected chi connectivity index (χ3v) is 8.04. The molecule has 2 aromatic heterocycles. The quantitative estimate of drug-likeness (QED) is 0.108. The van der Waals surface area contributed by atoms with Crippen molar-refractivity contribution in [3.63, 3.8) is 0 Å². The van der Waals surface area contributed by atoms with Gasteiger partial charge in [-0.1, -0.05) is 83.5 Å². The molecule has 6 aromatic rings. The number of carbonyl (C=O) groups excluding carboxylic acids is 1. The molecule has 0 unspecified atom stereocenters. The van der Waals surface area contributed by atoms with Crippen LogP contribution in [0, 0.1) is 6.92 Å². The van der Waals surface area contributed by atoms with Gasteiger partial charge in [0.2, 0.25) is 5.16 Å². The molecular weight excluding hydrogens is 573 g/mol. The maximum Gasteiger partial charge on any atom is 0.255 e. The van der Waals surface area contributed by atoms with Crippen LogP contribution in [-0.2, 0) is 5.75 Å². The number of thioether (sulfide) groups is 1. The van der Waals surface area contributed by atoms with Crippen LogP contribution in [0.1, 0.15) is 27.2 Å². The lowest BCUT2D eigenvalue weighted by molar-refractivity contribution is 0.104. The summed E-state index contributed by atoms with van der Waals surface area (Å²) in [6, 6.07) is 29.0. The molecule has 0 radical (unpaired) electrons. The van der Waals surface area contributed by atoms with Crippen LogP contribution in [0.3, 0.4) is 0 Å². The van der Waals surface area contributed by atoms with E-state index in [0.29, 0.717) is 38.1 Å². The normalized spacial score (nSPS) is 11.5. The van der Waals surface area contributed by atoms with E-state index in [0.717, 1.165) is 27.9 Å². The van der Waals surface area contributed by atoms with Crippen molar-refractivity contribution in [3.05, 3.63) is 130 Å². The highest BCUT2D eigenvalue weighted by Gasteiger charge is 2.13. The molecule has 0 amide bonds. The Balaban J connectivity index is 1.16. The second kappa shape index (κ2) is 11.7. The van der Waals surface area contributed by atoms with Gasteiger partial charge in [0.05, 0.1) is 0 Å². The number of nitrogens with zero attached hydrogens (tertiary/aromatic N) is 4. The van der Waals surface area contributed by atoms with Crippen LogP contribution >= 0.6 is 35.0 Å². The summed E-state index contributed by atoms with van der Waals surface area (Å²) in [5, 5.41) is 12.1. The number of rotatable bonds is 8. The highest BCUT2D eigenvalue weighted by Crippen LogP contribution is 2.31. The van der Waals surface area contributed by atoms with Gasteiger partial charge in [-0.15, -0.1) is 5.10 Å². The Labute approximate surface area is 251 Å². The molecule has 6 rings (SSSR count). The number of aromatic nitrogens is 4. The SMILES string of the molecule is Cc1cc(Nc2ccc(C(=O)/C=C/c3ccc4ccccc4c3)cc2)n2nc(SCc3c(Cl)cccc3Cl)nc2n1. The summed E-state index contributed by atoms with van der Waals surface area (Å²) in [7, 11) is 0. The predicted octanol–water partition coefficient (Wildman–Crippen LogP) is 8.82. The number of benzene rings is 4. The van der Waals surface area contributed by atoms with Crippen LogP contribution in [0.25, 0.3) is 22.6 Å². The number of carbonyl (C=O) groups is 1. The molecule has 9 heteroatoms. The number of ketones is 1. The van der Waals surface area contributed by atoms with Crippen LogP contribution in [0.2, 0.25) is 10.0 Å². The molecule has 0 aliphatic rings. The predicted molar refractivity (Wildman–Crippen MR) is 169 cm³/mol. The highest BCUT2D eigenvalue weighted by molar-refractivity contribution is 7.98. The summed E-state index contributed by atoms with van der Waals surface area (Å²) >= 11 is 14.1. The number of anilines is 2. The van der Waals surface area contributed by atoms with Gasteiger partial charge >= 0.3 is 0 Å². The maximum absolute atomic E-state index is 12.8. The van der Waals surface area contributed by atoms with Crippen molar-refractivity contribution >= 4 is 74.9 Å². The molecule has 6 nitrogen and oxygen atoms in total. The number of hydrogen-bond acceptors (Lipinski definition) is 6. The van der Waals surface area contributed by atoms with Gasteiger partial charge in [0.15, 0.2) is 5.78 Å². The maximum atomic E-state index is 12.8. The zero-order chi connectivity index (χ0) is 28.3. The molecular formula is C32H23Cl2N5OS. The number of fused-ring (bicyclic) bond motifs is 2. The van der Waals surface area contributed by atoms with Crippen molar-refractivity contribution in [1.82, 2.24) is 19.6 Å². The lowest BCUT2D eigenvalue weighted by atomic mass is 10.1. The molecule has 0 saturated carbocycles. The van der Waals surface area contributed by atoms with Crippen LogP contribution in [0.4, 0.5) is 11.5 Å². The van der Waals surface area contributed by atoms with Gasteiger partial charge in [-0.3, -0.25) is 4.79 Å². The third kappa shape index (κ3) is 6.12. The molecule has 1 N–H and O–H groups in total. The lowest BCUT2D eigenvalue weighted by Crippen LogP contribution is -2.03. The van der Waals surface area contributed by atoms with Crippen LogP contribution in [0.5, 0.6) is 0 Å². The van der Waals surface area contributed by atoms with E-state index in [1.54, 1.807) is 22.7 Å². The first-order chi connectivity index (χ1) is 19.9. The number of nitrogens with one attached hydrogen (secondary N) is 1. The van der Waals surface area contributed by atoms with Gasteiger partial charge in [0.1, 0.15) is 5.82 Å². The monoisotopic (exact) mass is 595 g/mol. The molecule has 4 aromatic carbocycles. The minimum Gasteiger partial charge on any atom is -0.340 e. The topological polar surface area (TPSA) is 72.2 Å². The van der Waals surface area contributed by atoms with Gasteiger partial charge in [-0.25, -0.2) is 4.98 Å². The first-order valence-corrected chi connectivity index (χ1v) is 14.6. The van der Waals surface area contributed by atoms with Crippen LogP contribution in [-0.4, -0.2) is 25.4 Å². The second-order valence-corrected chi connectivity index (χ2v) is 11.1. The summed E-state index contributed by atoms with van der Waals surface area (Å²) in [6.45, 7) is 1.90. The Bertz CT molecular complexity index is 1920. The van der Waals surface area contributed by atoms with Gasteiger partial charge in [0, 0.05) is 38.8 Å². The molecule has 0 bridgehead atoms. The van der Waals surface area contributed by atoms with Crippen molar-refractivity contribution in [3.8, 4) is 0 Å². The van der Waals surface area contributed by atoms with Crippen molar-refractivity contribution in [2.45, 2.75) is 17.8 Å². The van der Waals surface area contributed by atoms with Gasteiger partial charge in [0.25, 0.3) is 5.78 Å². The molecule has 0 aliphatic heterocycles. The second-order valence-electron chi connectivity index (χ2n) is 9.38. The third-order valence-electron chi connectivity index (χ3n) is 6.47. The Hall–Kier alpha value is -4.17.